The van der Waals surface area contributed by atoms with Gasteiger partial charge in [-0.3, -0.25) is 4.90 Å². The van der Waals surface area contributed by atoms with E-state index >= 15 is 0 Å². The molecule has 1 aromatic carbocycles. The first kappa shape index (κ1) is 14.2. The number of phenolic OH excluding ortho intramolecular Hbond substituents is 1. The van der Waals surface area contributed by atoms with E-state index in [1.165, 1.54) is 0 Å². The predicted molar refractivity (Wildman–Crippen MR) is 76.7 cm³/mol. The molecule has 3 nitrogen and oxygen atoms in total. The van der Waals surface area contributed by atoms with Crippen LogP contribution in [0.5, 0.6) is 5.75 Å². The Bertz CT molecular complexity index is 402. The van der Waals surface area contributed by atoms with Crippen molar-refractivity contribution in [2.24, 2.45) is 0 Å². The monoisotopic (exact) mass is 380 g/mol. The highest BCUT2D eigenvalue weighted by Gasteiger charge is 2.26. The second-order valence-electron chi connectivity index (χ2n) is 4.28. The summed E-state index contributed by atoms with van der Waals surface area (Å²) in [5, 5.41) is 13.3. The van der Waals surface area contributed by atoms with Gasteiger partial charge >= 0.3 is 0 Å². The number of hydrogen-bond donors (Lipinski definition) is 2. The molecular weight excluding hydrogens is 367 g/mol. The number of nitrogens with one attached hydrogen (secondary N) is 1. The van der Waals surface area contributed by atoms with Crippen LogP contribution < -0.4 is 5.32 Å². The minimum Gasteiger partial charge on any atom is -0.508 e. The highest BCUT2D eigenvalue weighted by Crippen LogP contribution is 2.37. The van der Waals surface area contributed by atoms with E-state index in [1.54, 1.807) is 6.07 Å². The van der Waals surface area contributed by atoms with Crippen LogP contribution in [0.4, 0.5) is 4.39 Å². The van der Waals surface area contributed by atoms with Gasteiger partial charge in [-0.15, -0.1) is 0 Å². The molecule has 1 aromatic rings. The summed E-state index contributed by atoms with van der Waals surface area (Å²) in [5.74, 6) is 0.123. The first-order chi connectivity index (χ1) is 8.63. The molecule has 0 spiro atoms. The van der Waals surface area contributed by atoms with E-state index in [2.05, 4.69) is 42.1 Å². The molecule has 1 aliphatic rings. The first-order valence-corrected chi connectivity index (χ1v) is 7.40. The summed E-state index contributed by atoms with van der Waals surface area (Å²) < 4.78 is 14.9. The summed E-state index contributed by atoms with van der Waals surface area (Å²) in [6.07, 6.45) is 0. The number of benzene rings is 1. The minimum atomic E-state index is -0.506. The third-order valence-electron chi connectivity index (χ3n) is 3.14. The normalized spacial score (nSPS) is 18.8. The van der Waals surface area contributed by atoms with E-state index in [-0.39, 0.29) is 5.75 Å². The van der Waals surface area contributed by atoms with Crippen LogP contribution in [0.1, 0.15) is 11.6 Å². The zero-order valence-corrected chi connectivity index (χ0v) is 13.0. The van der Waals surface area contributed by atoms with Crippen molar-refractivity contribution in [2.45, 2.75) is 6.04 Å². The molecule has 2 N–H and O–H groups in total. The Balaban J connectivity index is 2.32. The largest absolute Gasteiger partial charge is 0.508 e. The lowest BCUT2D eigenvalue weighted by atomic mass is 10.0. The van der Waals surface area contributed by atoms with Crippen molar-refractivity contribution in [1.29, 1.82) is 0 Å². The highest BCUT2D eigenvalue weighted by molar-refractivity contribution is 9.11. The number of rotatable bonds is 3. The quantitative estimate of drug-likeness (QED) is 0.845. The van der Waals surface area contributed by atoms with Gasteiger partial charge in [0.2, 0.25) is 0 Å². The number of hydrogen-bond acceptors (Lipinski definition) is 3. The number of halogens is 3. The van der Waals surface area contributed by atoms with E-state index in [0.29, 0.717) is 5.56 Å². The van der Waals surface area contributed by atoms with E-state index in [4.69, 9.17) is 0 Å². The molecule has 0 saturated carbocycles. The van der Waals surface area contributed by atoms with Crippen LogP contribution in [-0.2, 0) is 0 Å². The van der Waals surface area contributed by atoms with Crippen LogP contribution >= 0.6 is 31.9 Å². The molecule has 18 heavy (non-hydrogen) atoms. The van der Waals surface area contributed by atoms with Crippen molar-refractivity contribution in [3.8, 4) is 5.75 Å². The molecule has 1 heterocycles. The van der Waals surface area contributed by atoms with E-state index in [0.717, 1.165) is 35.1 Å². The van der Waals surface area contributed by atoms with E-state index < -0.39 is 12.7 Å². The summed E-state index contributed by atoms with van der Waals surface area (Å²) in [7, 11) is 0. The predicted octanol–water partition coefficient (Wildman–Crippen LogP) is 2.83. The van der Waals surface area contributed by atoms with Crippen molar-refractivity contribution in [3.63, 3.8) is 0 Å². The summed E-state index contributed by atoms with van der Waals surface area (Å²) in [4.78, 5) is 2.06. The molecule has 0 aromatic heterocycles. The molecule has 1 atom stereocenters. The Morgan fingerprint density at radius 1 is 1.33 bits per heavy atom. The molecule has 2 rings (SSSR count). The van der Waals surface area contributed by atoms with Gasteiger partial charge in [-0.1, -0.05) is 31.9 Å². The standard InChI is InChI=1S/C12H15Br2FN2O/c13-8-5-9(14)12(11(18)6-8)10(7-15)17-3-1-16-2-4-17/h5-6,10,16,18H,1-4,7H2/t10-/m1/s1. The zero-order valence-electron chi connectivity index (χ0n) is 9.80. The van der Waals surface area contributed by atoms with Crippen LogP contribution in [-0.4, -0.2) is 42.9 Å². The second kappa shape index (κ2) is 6.32. The molecule has 1 aliphatic heterocycles. The smallest absolute Gasteiger partial charge is 0.122 e. The SMILES string of the molecule is Oc1cc(Br)cc(Br)c1[C@@H](CF)N1CCNCC1. The zero-order chi connectivity index (χ0) is 13.1. The second-order valence-corrected chi connectivity index (χ2v) is 6.05. The molecule has 0 bridgehead atoms. The fraction of sp³-hybridized carbons (Fsp3) is 0.500. The topological polar surface area (TPSA) is 35.5 Å². The number of piperazine rings is 1. The van der Waals surface area contributed by atoms with Crippen molar-refractivity contribution >= 4 is 31.9 Å². The van der Waals surface area contributed by atoms with Gasteiger partial charge in [-0.25, -0.2) is 4.39 Å². The average Bonchev–Trinajstić information content (AvgIpc) is 2.34. The third-order valence-corrected chi connectivity index (χ3v) is 4.26. The lowest BCUT2D eigenvalue weighted by Gasteiger charge is -2.34. The molecule has 1 saturated heterocycles. The van der Waals surface area contributed by atoms with Gasteiger partial charge in [-0.05, 0) is 12.1 Å². The Hall–Kier alpha value is -0.170. The number of phenols is 1. The van der Waals surface area contributed by atoms with Gasteiger partial charge in [0.1, 0.15) is 12.4 Å². The minimum absolute atomic E-state index is 0.123. The fourth-order valence-corrected chi connectivity index (χ4v) is 3.72. The average molecular weight is 382 g/mol. The Kier molecular flexibility index (Phi) is 5.00. The summed E-state index contributed by atoms with van der Waals surface area (Å²) in [5.41, 5.74) is 0.627. The van der Waals surface area contributed by atoms with Crippen LogP contribution in [0.25, 0.3) is 0 Å². The molecule has 1 fully saturated rings. The molecule has 6 heteroatoms. The first-order valence-electron chi connectivity index (χ1n) is 5.82. The van der Waals surface area contributed by atoms with Crippen LogP contribution in [0.15, 0.2) is 21.1 Å². The van der Waals surface area contributed by atoms with Gasteiger partial charge in [0.25, 0.3) is 0 Å². The van der Waals surface area contributed by atoms with Crippen molar-refractivity contribution in [3.05, 3.63) is 26.6 Å². The molecule has 100 valence electrons. The maximum Gasteiger partial charge on any atom is 0.122 e. The molecule has 0 radical (unpaired) electrons. The lowest BCUT2D eigenvalue weighted by Crippen LogP contribution is -2.45. The van der Waals surface area contributed by atoms with Crippen molar-refractivity contribution < 1.29 is 9.50 Å². The lowest BCUT2D eigenvalue weighted by molar-refractivity contribution is 0.144. The van der Waals surface area contributed by atoms with Crippen molar-refractivity contribution in [2.75, 3.05) is 32.9 Å². The Morgan fingerprint density at radius 3 is 2.56 bits per heavy atom. The number of nitrogens with zero attached hydrogens (tertiary/aromatic N) is 1. The molecule has 0 unspecified atom stereocenters. The van der Waals surface area contributed by atoms with Gasteiger partial charge in [0.15, 0.2) is 0 Å². The maximum absolute atomic E-state index is 13.4. The summed E-state index contributed by atoms with van der Waals surface area (Å²) in [6.45, 7) is 2.78. The maximum atomic E-state index is 13.4. The van der Waals surface area contributed by atoms with E-state index in [1.807, 2.05) is 6.07 Å². The van der Waals surface area contributed by atoms with Gasteiger partial charge in [0, 0.05) is 40.7 Å². The molecule has 0 aliphatic carbocycles. The van der Waals surface area contributed by atoms with Crippen LogP contribution in [0.2, 0.25) is 0 Å². The highest BCUT2D eigenvalue weighted by atomic mass is 79.9. The van der Waals surface area contributed by atoms with Crippen LogP contribution in [0, 0.1) is 0 Å². The number of aromatic hydroxyl groups is 1. The van der Waals surface area contributed by atoms with Gasteiger partial charge in [-0.2, -0.15) is 0 Å². The van der Waals surface area contributed by atoms with Gasteiger partial charge < -0.3 is 10.4 Å². The Morgan fingerprint density at radius 2 is 2.00 bits per heavy atom. The third kappa shape index (κ3) is 3.04. The van der Waals surface area contributed by atoms with E-state index in [9.17, 15) is 9.50 Å². The van der Waals surface area contributed by atoms with Crippen LogP contribution in [0.3, 0.4) is 0 Å². The van der Waals surface area contributed by atoms with Crippen molar-refractivity contribution in [1.82, 2.24) is 10.2 Å². The Labute approximate surface area is 123 Å². The summed E-state index contributed by atoms with van der Waals surface area (Å²) in [6, 6.07) is 3.04. The summed E-state index contributed by atoms with van der Waals surface area (Å²) >= 11 is 6.71. The molecule has 0 amide bonds. The fourth-order valence-electron chi connectivity index (χ4n) is 2.25. The number of alkyl halides is 1. The molecular formula is C12H15Br2FN2O. The van der Waals surface area contributed by atoms with Gasteiger partial charge in [0.05, 0.1) is 6.04 Å².